The molecular formula is C44H30BN3O2S. The summed E-state index contributed by atoms with van der Waals surface area (Å²) in [4.78, 5) is 10.2. The van der Waals surface area contributed by atoms with E-state index in [1.807, 2.05) is 0 Å². The minimum atomic E-state index is -1.25. The summed E-state index contributed by atoms with van der Waals surface area (Å²) in [5.74, 6) is 3.45. The van der Waals surface area contributed by atoms with Crippen molar-refractivity contribution in [1.29, 1.82) is 0 Å². The number of anilines is 9. The molecule has 5 nitrogen and oxygen atoms in total. The van der Waals surface area contributed by atoms with Crippen LogP contribution in [-0.4, -0.2) is 19.2 Å². The van der Waals surface area contributed by atoms with Gasteiger partial charge in [0, 0.05) is 21.2 Å². The van der Waals surface area contributed by atoms with Crippen LogP contribution in [0.15, 0.2) is 155 Å². The van der Waals surface area contributed by atoms with E-state index in [1.54, 1.807) is 0 Å². The summed E-state index contributed by atoms with van der Waals surface area (Å²) in [5.41, 5.74) is 13.9. The Morgan fingerprint density at radius 2 is 0.863 bits per heavy atom. The molecule has 5 heterocycles. The van der Waals surface area contributed by atoms with Gasteiger partial charge in [0.15, 0.2) is 23.0 Å². The van der Waals surface area contributed by atoms with Crippen LogP contribution in [0.2, 0.25) is 0 Å². The minimum Gasteiger partial charge on any atom is -0.453 e. The van der Waals surface area contributed by atoms with E-state index in [9.17, 15) is 0 Å². The van der Waals surface area contributed by atoms with Gasteiger partial charge in [-0.05, 0) is 102 Å². The van der Waals surface area contributed by atoms with Gasteiger partial charge in [0.25, 0.3) is 6.71 Å². The Morgan fingerprint density at radius 1 is 0.431 bits per heavy atom. The highest BCUT2D eigenvalue weighted by Gasteiger charge is 2.48. The first-order valence-corrected chi connectivity index (χ1v) is 19.8. The minimum absolute atomic E-state index is 0.0199. The molecule has 0 radical (unpaired) electrons. The normalized spacial score (nSPS) is 16.2. The van der Waals surface area contributed by atoms with E-state index in [-0.39, 0.29) is 6.71 Å². The van der Waals surface area contributed by atoms with Crippen LogP contribution >= 0.6 is 10.0 Å². The van der Waals surface area contributed by atoms with E-state index < -0.39 is 10.0 Å². The second-order valence-electron chi connectivity index (χ2n) is 14.1. The second-order valence-corrected chi connectivity index (χ2v) is 17.7. The quantitative estimate of drug-likeness (QED) is 0.162. The number of fused-ring (bicyclic) bond motifs is 10. The van der Waals surface area contributed by atoms with Gasteiger partial charge in [-0.15, -0.1) is 0 Å². The van der Waals surface area contributed by atoms with Gasteiger partial charge in [-0.3, -0.25) is 0 Å². The molecule has 0 amide bonds. The van der Waals surface area contributed by atoms with Gasteiger partial charge in [0.2, 0.25) is 0 Å². The van der Waals surface area contributed by atoms with E-state index in [2.05, 4.69) is 173 Å². The van der Waals surface area contributed by atoms with E-state index in [0.29, 0.717) is 0 Å². The largest absolute Gasteiger partial charge is 0.453 e. The highest BCUT2D eigenvalue weighted by atomic mass is 32.3. The first-order chi connectivity index (χ1) is 25.1. The lowest BCUT2D eigenvalue weighted by Gasteiger charge is -2.48. The van der Waals surface area contributed by atoms with E-state index in [1.165, 1.54) is 37.6 Å². The molecule has 0 spiro atoms. The molecule has 5 aliphatic heterocycles. The Hall–Kier alpha value is -6.05. The van der Waals surface area contributed by atoms with E-state index >= 15 is 0 Å². The van der Waals surface area contributed by atoms with Gasteiger partial charge in [-0.1, -0.05) is 72.8 Å². The smallest absolute Gasteiger partial charge is 0.252 e. The van der Waals surface area contributed by atoms with Crippen LogP contribution in [0, 0.1) is 0 Å². The van der Waals surface area contributed by atoms with E-state index in [4.69, 9.17) is 9.47 Å². The van der Waals surface area contributed by atoms with Crippen LogP contribution < -0.4 is 40.6 Å². The second kappa shape index (κ2) is 9.59. The van der Waals surface area contributed by atoms with Gasteiger partial charge < -0.3 is 24.2 Å². The summed E-state index contributed by atoms with van der Waals surface area (Å²) in [6.07, 6.45) is 4.85. The predicted octanol–water partition coefficient (Wildman–Crippen LogP) is 10.2. The van der Waals surface area contributed by atoms with Crippen molar-refractivity contribution < 1.29 is 9.47 Å². The molecular weight excluding hydrogens is 645 g/mol. The molecule has 0 fully saturated rings. The number of rotatable bonds is 1. The van der Waals surface area contributed by atoms with Crippen molar-refractivity contribution in [3.05, 3.63) is 146 Å². The number of hydrogen-bond donors (Lipinski definition) is 0. The summed E-state index contributed by atoms with van der Waals surface area (Å²) in [5, 5.41) is 0. The molecule has 0 saturated heterocycles. The van der Waals surface area contributed by atoms with Gasteiger partial charge in [-0.2, -0.15) is 10.0 Å². The molecule has 0 N–H and O–H groups in total. The van der Waals surface area contributed by atoms with Gasteiger partial charge in [0.05, 0.1) is 39.8 Å². The Morgan fingerprint density at radius 3 is 1.37 bits per heavy atom. The van der Waals surface area contributed by atoms with Crippen LogP contribution in [0.1, 0.15) is 0 Å². The van der Waals surface area contributed by atoms with Gasteiger partial charge >= 0.3 is 0 Å². The molecule has 7 aromatic rings. The number of para-hydroxylation sites is 8. The average molecular weight is 676 g/mol. The maximum Gasteiger partial charge on any atom is 0.252 e. The third kappa shape index (κ3) is 3.44. The lowest BCUT2D eigenvalue weighted by molar-refractivity contribution is 0.477. The van der Waals surface area contributed by atoms with Crippen LogP contribution in [0.3, 0.4) is 0 Å². The molecule has 7 aromatic carbocycles. The molecule has 0 atom stereocenters. The first-order valence-electron chi connectivity index (χ1n) is 17.4. The molecule has 242 valence electrons. The highest BCUT2D eigenvalue weighted by Crippen LogP contribution is 2.68. The molecule has 0 saturated carbocycles. The third-order valence-electron chi connectivity index (χ3n) is 11.2. The number of ether oxygens (including phenoxy) is 2. The summed E-state index contributed by atoms with van der Waals surface area (Å²) >= 11 is 0. The Kier molecular flexibility index (Phi) is 5.22. The van der Waals surface area contributed by atoms with Crippen molar-refractivity contribution >= 4 is 84.3 Å². The lowest BCUT2D eigenvalue weighted by Crippen LogP contribution is -2.61. The zero-order valence-corrected chi connectivity index (χ0v) is 28.8. The van der Waals surface area contributed by atoms with Gasteiger partial charge in [-0.25, -0.2) is 0 Å². The Labute approximate surface area is 298 Å². The first kappa shape index (κ1) is 27.7. The van der Waals surface area contributed by atoms with Crippen LogP contribution in [-0.2, 0) is 0 Å². The molecule has 5 aliphatic rings. The van der Waals surface area contributed by atoms with Crippen molar-refractivity contribution in [2.45, 2.75) is 9.79 Å². The topological polar surface area (TPSA) is 28.2 Å². The van der Waals surface area contributed by atoms with Crippen LogP contribution in [0.5, 0.6) is 23.0 Å². The number of hydrogen-bond acceptors (Lipinski definition) is 5. The maximum atomic E-state index is 6.67. The van der Waals surface area contributed by atoms with Crippen molar-refractivity contribution in [1.82, 2.24) is 0 Å². The Balaban J connectivity index is 1.23. The number of nitrogens with zero attached hydrogens (tertiary/aromatic N) is 3. The fraction of sp³-hybridized carbons (Fsp3) is 0.0455. The highest BCUT2D eigenvalue weighted by molar-refractivity contribution is 8.33. The third-order valence-corrected chi connectivity index (χ3v) is 14.1. The van der Waals surface area contributed by atoms with Crippen molar-refractivity contribution in [2.24, 2.45) is 0 Å². The number of benzene rings is 7. The predicted molar refractivity (Wildman–Crippen MR) is 211 cm³/mol. The lowest BCUT2D eigenvalue weighted by atomic mass is 9.33. The summed E-state index contributed by atoms with van der Waals surface area (Å²) in [6, 6.07) is 52.7. The fourth-order valence-electron chi connectivity index (χ4n) is 9.18. The van der Waals surface area contributed by atoms with E-state index in [0.717, 1.165) is 62.8 Å². The summed E-state index contributed by atoms with van der Waals surface area (Å²) in [6.45, 7) is -0.0199. The molecule has 0 bridgehead atoms. The molecule has 0 unspecified atom stereocenters. The summed E-state index contributed by atoms with van der Waals surface area (Å²) in [7, 11) is -1.25. The standard InChI is InChI=1S/C44H30BN3O2S/c1-51(2)40-23-9-5-17-32(40)46(33-18-6-10-24-41(33)51)27-25-34-42-35(26-27)48-31-16-4-8-20-37(31)50-39-22-12-14-29(44(39)48)45(42)28-13-11-21-38-43(28)47(34)30-15-3-7-19-36(30)49-38/h3-26H,1-2H3. The average Bonchev–Trinajstić information content (AvgIpc) is 3.17. The molecule has 12 rings (SSSR count). The zero-order chi connectivity index (χ0) is 33.6. The maximum absolute atomic E-state index is 6.67. The molecule has 51 heavy (non-hydrogen) atoms. The van der Waals surface area contributed by atoms with Crippen molar-refractivity contribution in [3.8, 4) is 23.0 Å². The monoisotopic (exact) mass is 675 g/mol. The molecule has 0 aromatic heterocycles. The van der Waals surface area contributed by atoms with Crippen molar-refractivity contribution in [2.75, 3.05) is 27.2 Å². The summed E-state index contributed by atoms with van der Waals surface area (Å²) < 4.78 is 13.3. The van der Waals surface area contributed by atoms with Crippen molar-refractivity contribution in [3.63, 3.8) is 0 Å². The fourth-order valence-corrected chi connectivity index (χ4v) is 11.6. The van der Waals surface area contributed by atoms with Crippen LogP contribution in [0.25, 0.3) is 0 Å². The zero-order valence-electron chi connectivity index (χ0n) is 28.0. The van der Waals surface area contributed by atoms with Crippen LogP contribution in [0.4, 0.5) is 51.2 Å². The SMILES string of the molecule is CS1(C)c2ccccc2N(c2cc3c4c(c2)N2c5ccccc5Oc5cccc(c52)B4c2cccc4c2N3c2ccccc2O4)c2ccccc21. The molecule has 0 aliphatic carbocycles. The molecule has 7 heteroatoms. The Bertz CT molecular complexity index is 2520. The van der Waals surface area contributed by atoms with Gasteiger partial charge in [0.1, 0.15) is 0 Å².